The molecule has 0 bridgehead atoms. The fourth-order valence-electron chi connectivity index (χ4n) is 1.46. The number of hydrogen-bond acceptors (Lipinski definition) is 4. The van der Waals surface area contributed by atoms with Crippen LogP contribution in [-0.2, 0) is 4.84 Å². The predicted octanol–water partition coefficient (Wildman–Crippen LogP) is 4.21. The largest absolute Gasteiger partial charge is 0.490 e. The van der Waals surface area contributed by atoms with Gasteiger partial charge in [-0.2, -0.15) is 0 Å². The molecule has 116 valence electrons. The maximum atomic E-state index is 5.73. The van der Waals surface area contributed by atoms with Crippen LogP contribution in [0.3, 0.4) is 0 Å². The van der Waals surface area contributed by atoms with E-state index >= 15 is 0 Å². The highest BCUT2D eigenvalue weighted by Gasteiger charge is 2.04. The molecule has 4 nitrogen and oxygen atoms in total. The van der Waals surface area contributed by atoms with Gasteiger partial charge in [0.2, 0.25) is 0 Å². The molecule has 0 aliphatic heterocycles. The van der Waals surface area contributed by atoms with Crippen LogP contribution in [0, 0.1) is 0 Å². The van der Waals surface area contributed by atoms with Crippen LogP contribution in [0.5, 0.6) is 11.5 Å². The van der Waals surface area contributed by atoms with Crippen LogP contribution in [0.1, 0.15) is 34.1 Å². The average Bonchev–Trinajstić information content (AvgIpc) is 2.45. The lowest BCUT2D eigenvalue weighted by molar-refractivity contribution is 0.0635. The maximum Gasteiger partial charge on any atom is 0.153 e. The van der Waals surface area contributed by atoms with E-state index < -0.39 is 0 Å². The zero-order valence-corrected chi connectivity index (χ0v) is 13.3. The molecule has 0 aliphatic carbocycles. The fraction of sp³-hybridized carbons (Fsp3) is 0.471. The van der Waals surface area contributed by atoms with Gasteiger partial charge in [0, 0.05) is 6.21 Å². The van der Waals surface area contributed by atoms with Crippen molar-refractivity contribution in [2.45, 2.75) is 40.2 Å². The molecular formula is C17H25NO3. The number of oxime groups is 1. The normalized spacial score (nSPS) is 12.0. The smallest absolute Gasteiger partial charge is 0.153 e. The molecular weight excluding hydrogens is 266 g/mol. The van der Waals surface area contributed by atoms with Crippen molar-refractivity contribution < 1.29 is 14.3 Å². The summed E-state index contributed by atoms with van der Waals surface area (Å²) in [6.07, 6.45) is 4.58. The van der Waals surface area contributed by atoms with E-state index in [4.69, 9.17) is 14.3 Å². The van der Waals surface area contributed by atoms with E-state index in [1.54, 1.807) is 6.21 Å². The number of hydrogen-bond donors (Lipinski definition) is 0. The van der Waals surface area contributed by atoms with Crippen molar-refractivity contribution in [3.8, 4) is 11.5 Å². The second kappa shape index (κ2) is 9.86. The summed E-state index contributed by atoms with van der Waals surface area (Å²) in [6, 6.07) is 7.58. The summed E-state index contributed by atoms with van der Waals surface area (Å²) in [4.78, 5) is 5.12. The Kier molecular flexibility index (Phi) is 8.02. The van der Waals surface area contributed by atoms with Gasteiger partial charge in [-0.1, -0.05) is 17.7 Å². The summed E-state index contributed by atoms with van der Waals surface area (Å²) < 4.78 is 11.3. The van der Waals surface area contributed by atoms with Crippen LogP contribution in [-0.4, -0.2) is 25.5 Å². The first-order valence-corrected chi connectivity index (χ1v) is 7.28. The second-order valence-electron chi connectivity index (χ2n) is 4.98. The van der Waals surface area contributed by atoms with Gasteiger partial charge in [0.25, 0.3) is 0 Å². The molecule has 0 aromatic heterocycles. The van der Waals surface area contributed by atoms with E-state index in [0.29, 0.717) is 13.2 Å². The van der Waals surface area contributed by atoms with Crippen molar-refractivity contribution in [1.82, 2.24) is 0 Å². The van der Waals surface area contributed by atoms with Crippen LogP contribution < -0.4 is 9.47 Å². The van der Waals surface area contributed by atoms with Crippen LogP contribution in [0.15, 0.2) is 41.1 Å². The highest BCUT2D eigenvalue weighted by atomic mass is 16.6. The fourth-order valence-corrected chi connectivity index (χ4v) is 1.46. The van der Waals surface area contributed by atoms with Crippen molar-refractivity contribution in [1.29, 1.82) is 0 Å². The summed E-state index contributed by atoms with van der Waals surface area (Å²) in [6.45, 7) is 9.06. The molecule has 0 amide bonds. The molecule has 0 N–H and O–H groups in total. The van der Waals surface area contributed by atoms with E-state index in [1.165, 1.54) is 5.57 Å². The predicted molar refractivity (Wildman–Crippen MR) is 86.2 cm³/mol. The summed E-state index contributed by atoms with van der Waals surface area (Å²) in [5.74, 6) is 1.62. The van der Waals surface area contributed by atoms with Crippen molar-refractivity contribution in [3.63, 3.8) is 0 Å². The third-order valence-electron chi connectivity index (χ3n) is 2.54. The first-order valence-electron chi connectivity index (χ1n) is 7.28. The van der Waals surface area contributed by atoms with E-state index in [1.807, 2.05) is 58.0 Å². The first kappa shape index (κ1) is 17.1. The van der Waals surface area contributed by atoms with Gasteiger partial charge in [-0.3, -0.25) is 0 Å². The molecule has 0 heterocycles. The Morgan fingerprint density at radius 2 is 1.86 bits per heavy atom. The molecule has 1 rings (SSSR count). The van der Waals surface area contributed by atoms with E-state index in [-0.39, 0.29) is 6.10 Å². The molecule has 0 saturated heterocycles. The standard InChI is InChI=1S/C17H25NO3/c1-5-11-18-20-13-15(4)21-17-8-6-16(7-9-17)19-12-10-14(2)3/h6-11,15H,5,12-13H2,1-4H3. The molecule has 21 heavy (non-hydrogen) atoms. The minimum Gasteiger partial charge on any atom is -0.490 e. The van der Waals surface area contributed by atoms with Crippen molar-refractivity contribution >= 4 is 6.21 Å². The number of allylic oxidation sites excluding steroid dienone is 1. The minimum atomic E-state index is -0.0588. The Hall–Kier alpha value is -1.97. The third kappa shape index (κ3) is 8.02. The zero-order valence-electron chi connectivity index (χ0n) is 13.3. The van der Waals surface area contributed by atoms with Crippen molar-refractivity contribution in [2.24, 2.45) is 5.16 Å². The van der Waals surface area contributed by atoms with Gasteiger partial charge in [-0.25, -0.2) is 0 Å². The molecule has 1 aromatic rings. The zero-order chi connectivity index (χ0) is 15.5. The lowest BCUT2D eigenvalue weighted by Crippen LogP contribution is -2.17. The van der Waals surface area contributed by atoms with Gasteiger partial charge in [-0.15, -0.1) is 0 Å². The highest BCUT2D eigenvalue weighted by Crippen LogP contribution is 2.18. The third-order valence-corrected chi connectivity index (χ3v) is 2.54. The Labute approximate surface area is 127 Å². The average molecular weight is 291 g/mol. The van der Waals surface area contributed by atoms with E-state index in [0.717, 1.165) is 17.9 Å². The first-order chi connectivity index (χ1) is 10.1. The highest BCUT2D eigenvalue weighted by molar-refractivity contribution is 5.55. The van der Waals surface area contributed by atoms with Crippen molar-refractivity contribution in [3.05, 3.63) is 35.9 Å². The number of rotatable bonds is 9. The van der Waals surface area contributed by atoms with Crippen LogP contribution in [0.2, 0.25) is 0 Å². The lowest BCUT2D eigenvalue weighted by Gasteiger charge is -2.13. The Morgan fingerprint density at radius 1 is 1.19 bits per heavy atom. The lowest BCUT2D eigenvalue weighted by atomic mass is 10.3. The van der Waals surface area contributed by atoms with Gasteiger partial charge in [-0.05, 0) is 57.5 Å². The molecule has 1 unspecified atom stereocenters. The van der Waals surface area contributed by atoms with Crippen LogP contribution >= 0.6 is 0 Å². The van der Waals surface area contributed by atoms with E-state index in [2.05, 4.69) is 5.16 Å². The maximum absolute atomic E-state index is 5.73. The monoisotopic (exact) mass is 291 g/mol. The quantitative estimate of drug-likeness (QED) is 0.389. The SMILES string of the molecule is CCC=NOCC(C)Oc1ccc(OCC=C(C)C)cc1. The number of nitrogens with zero attached hydrogens (tertiary/aromatic N) is 1. The Morgan fingerprint density at radius 3 is 2.48 bits per heavy atom. The van der Waals surface area contributed by atoms with E-state index in [9.17, 15) is 0 Å². The number of benzene rings is 1. The van der Waals surface area contributed by atoms with Gasteiger partial charge >= 0.3 is 0 Å². The second-order valence-corrected chi connectivity index (χ2v) is 4.98. The molecule has 0 saturated carbocycles. The number of ether oxygens (including phenoxy) is 2. The topological polar surface area (TPSA) is 40.0 Å². The molecule has 0 fully saturated rings. The summed E-state index contributed by atoms with van der Waals surface area (Å²) in [7, 11) is 0. The Balaban J connectivity index is 2.36. The minimum absolute atomic E-state index is 0.0588. The summed E-state index contributed by atoms with van der Waals surface area (Å²) in [5, 5.41) is 3.80. The summed E-state index contributed by atoms with van der Waals surface area (Å²) >= 11 is 0. The van der Waals surface area contributed by atoms with Gasteiger partial charge in [0.05, 0.1) is 0 Å². The van der Waals surface area contributed by atoms with Gasteiger partial charge in [0.15, 0.2) is 6.61 Å². The Bertz CT molecular complexity index is 448. The van der Waals surface area contributed by atoms with Gasteiger partial charge in [0.1, 0.15) is 24.2 Å². The van der Waals surface area contributed by atoms with Crippen molar-refractivity contribution in [2.75, 3.05) is 13.2 Å². The van der Waals surface area contributed by atoms with Gasteiger partial charge < -0.3 is 14.3 Å². The molecule has 0 aliphatic rings. The molecule has 4 heteroatoms. The summed E-state index contributed by atoms with van der Waals surface area (Å²) in [5.41, 5.74) is 1.24. The molecule has 1 aromatic carbocycles. The molecule has 1 atom stereocenters. The van der Waals surface area contributed by atoms with Crippen LogP contribution in [0.4, 0.5) is 0 Å². The molecule has 0 radical (unpaired) electrons. The van der Waals surface area contributed by atoms with Crippen LogP contribution in [0.25, 0.3) is 0 Å². The molecule has 0 spiro atoms.